The molecule has 0 spiro atoms. The molecule has 0 heterocycles. The van der Waals surface area contributed by atoms with Gasteiger partial charge in [0.05, 0.1) is 12.2 Å². The fourth-order valence-corrected chi connectivity index (χ4v) is 2.93. The van der Waals surface area contributed by atoms with E-state index >= 15 is 0 Å². The SMILES string of the molecule is CCOc1ccc(Br)cc1C(=O)NC(=S)NNC(=O)COc1ccc(Br)c(C)c1. The van der Waals surface area contributed by atoms with Crippen molar-refractivity contribution in [3.05, 3.63) is 56.5 Å². The number of aryl methyl sites for hydroxylation is 1. The maximum atomic E-state index is 12.4. The van der Waals surface area contributed by atoms with Gasteiger partial charge in [-0.25, -0.2) is 0 Å². The highest BCUT2D eigenvalue weighted by atomic mass is 79.9. The van der Waals surface area contributed by atoms with Crippen LogP contribution in [0.15, 0.2) is 45.3 Å². The van der Waals surface area contributed by atoms with Gasteiger partial charge < -0.3 is 9.47 Å². The number of hydrogen-bond donors (Lipinski definition) is 3. The topological polar surface area (TPSA) is 88.7 Å². The minimum Gasteiger partial charge on any atom is -0.493 e. The number of ether oxygens (including phenoxy) is 2. The third kappa shape index (κ3) is 7.30. The van der Waals surface area contributed by atoms with Crippen LogP contribution in [0.4, 0.5) is 0 Å². The molecule has 10 heteroatoms. The predicted molar refractivity (Wildman–Crippen MR) is 121 cm³/mol. The van der Waals surface area contributed by atoms with Crippen molar-refractivity contribution < 1.29 is 19.1 Å². The van der Waals surface area contributed by atoms with Crippen molar-refractivity contribution in [1.82, 2.24) is 16.2 Å². The molecule has 0 aromatic heterocycles. The lowest BCUT2D eigenvalue weighted by atomic mass is 10.2. The lowest BCUT2D eigenvalue weighted by Crippen LogP contribution is -2.49. The van der Waals surface area contributed by atoms with E-state index in [1.165, 1.54) is 0 Å². The molecule has 0 atom stereocenters. The van der Waals surface area contributed by atoms with E-state index < -0.39 is 11.8 Å². The van der Waals surface area contributed by atoms with Crippen molar-refractivity contribution in [2.75, 3.05) is 13.2 Å². The lowest BCUT2D eigenvalue weighted by Gasteiger charge is -2.13. The first-order valence-electron chi connectivity index (χ1n) is 8.51. The van der Waals surface area contributed by atoms with Crippen molar-refractivity contribution in [1.29, 1.82) is 0 Å². The quantitative estimate of drug-likeness (QED) is 0.380. The second-order valence-corrected chi connectivity index (χ2v) is 7.91. The molecule has 0 saturated carbocycles. The van der Waals surface area contributed by atoms with Crippen molar-refractivity contribution >= 4 is 61.0 Å². The van der Waals surface area contributed by atoms with E-state index in [2.05, 4.69) is 48.0 Å². The highest BCUT2D eigenvalue weighted by molar-refractivity contribution is 9.10. The number of hydrogen-bond acceptors (Lipinski definition) is 5. The molecule has 0 saturated heterocycles. The van der Waals surface area contributed by atoms with Crippen LogP contribution in [0.25, 0.3) is 0 Å². The molecule has 29 heavy (non-hydrogen) atoms. The lowest BCUT2D eigenvalue weighted by molar-refractivity contribution is -0.123. The van der Waals surface area contributed by atoms with Gasteiger partial charge in [-0.15, -0.1) is 0 Å². The minimum absolute atomic E-state index is 0.0646. The molecule has 3 N–H and O–H groups in total. The van der Waals surface area contributed by atoms with Crippen LogP contribution in [0.2, 0.25) is 0 Å². The first-order chi connectivity index (χ1) is 13.8. The highest BCUT2D eigenvalue weighted by Gasteiger charge is 2.15. The van der Waals surface area contributed by atoms with Crippen LogP contribution in [0, 0.1) is 6.92 Å². The predicted octanol–water partition coefficient (Wildman–Crippen LogP) is 3.63. The Morgan fingerprint density at radius 2 is 1.83 bits per heavy atom. The molecule has 0 radical (unpaired) electrons. The standard InChI is InChI=1S/C19H19Br2N3O4S/c1-3-27-16-7-4-12(20)9-14(16)18(26)22-19(29)24-23-17(25)10-28-13-5-6-15(21)11(2)8-13/h4-9H,3,10H2,1-2H3,(H,23,25)(H2,22,24,26,29). The van der Waals surface area contributed by atoms with Crippen molar-refractivity contribution in [3.63, 3.8) is 0 Å². The van der Waals surface area contributed by atoms with Crippen molar-refractivity contribution in [2.45, 2.75) is 13.8 Å². The summed E-state index contributed by atoms with van der Waals surface area (Å²) in [5, 5.41) is 2.42. The smallest absolute Gasteiger partial charge is 0.276 e. The first-order valence-corrected chi connectivity index (χ1v) is 10.5. The van der Waals surface area contributed by atoms with Crippen LogP contribution in [-0.2, 0) is 4.79 Å². The summed E-state index contributed by atoms with van der Waals surface area (Å²) >= 11 is 11.8. The van der Waals surface area contributed by atoms with E-state index in [0.717, 1.165) is 14.5 Å². The van der Waals surface area contributed by atoms with Crippen LogP contribution in [0.3, 0.4) is 0 Å². The molecule has 0 aliphatic heterocycles. The molecular weight excluding hydrogens is 526 g/mol. The summed E-state index contributed by atoms with van der Waals surface area (Å²) in [7, 11) is 0. The second kappa shape index (κ2) is 11.1. The average molecular weight is 545 g/mol. The Labute approximate surface area is 190 Å². The zero-order valence-electron chi connectivity index (χ0n) is 15.7. The summed E-state index contributed by atoms with van der Waals surface area (Å²) in [5.74, 6) is 0.0655. The van der Waals surface area contributed by atoms with Gasteiger partial charge >= 0.3 is 0 Å². The number of rotatable bonds is 6. The number of benzene rings is 2. The van der Waals surface area contributed by atoms with Crippen LogP contribution < -0.4 is 25.6 Å². The Bertz CT molecular complexity index is 924. The molecule has 2 aromatic rings. The van der Waals surface area contributed by atoms with Crippen LogP contribution >= 0.6 is 44.1 Å². The van der Waals surface area contributed by atoms with Crippen molar-refractivity contribution in [2.24, 2.45) is 0 Å². The van der Waals surface area contributed by atoms with Gasteiger partial charge in [0.2, 0.25) is 0 Å². The van der Waals surface area contributed by atoms with Crippen molar-refractivity contribution in [3.8, 4) is 11.5 Å². The summed E-state index contributed by atoms with van der Waals surface area (Å²) in [6, 6.07) is 10.5. The third-order valence-electron chi connectivity index (χ3n) is 3.53. The fourth-order valence-electron chi connectivity index (χ4n) is 2.18. The van der Waals surface area contributed by atoms with Crippen LogP contribution in [0.5, 0.6) is 11.5 Å². The van der Waals surface area contributed by atoms with Gasteiger partial charge in [0.25, 0.3) is 11.8 Å². The third-order valence-corrected chi connectivity index (χ3v) is 5.12. The van der Waals surface area contributed by atoms with E-state index in [0.29, 0.717) is 23.7 Å². The maximum absolute atomic E-state index is 12.4. The minimum atomic E-state index is -0.469. The average Bonchev–Trinajstić information content (AvgIpc) is 2.68. The number of hydrazine groups is 1. The molecule has 2 aromatic carbocycles. The maximum Gasteiger partial charge on any atom is 0.276 e. The summed E-state index contributed by atoms with van der Waals surface area (Å²) in [6.07, 6.45) is 0. The molecule has 2 amide bonds. The number of halogens is 2. The molecule has 2 rings (SSSR count). The van der Waals surface area contributed by atoms with Gasteiger partial charge in [-0.3, -0.25) is 25.8 Å². The van der Waals surface area contributed by atoms with Gasteiger partial charge in [-0.05, 0) is 68.0 Å². The van der Waals surface area contributed by atoms with Gasteiger partial charge in [0.1, 0.15) is 11.5 Å². The number of carbonyl (C=O) groups is 2. The molecule has 0 unspecified atom stereocenters. The monoisotopic (exact) mass is 543 g/mol. The van der Waals surface area contributed by atoms with Crippen LogP contribution in [0.1, 0.15) is 22.8 Å². The van der Waals surface area contributed by atoms with Gasteiger partial charge in [0.15, 0.2) is 11.7 Å². The fraction of sp³-hybridized carbons (Fsp3) is 0.211. The zero-order valence-corrected chi connectivity index (χ0v) is 19.7. The molecule has 0 fully saturated rings. The van der Waals surface area contributed by atoms with Gasteiger partial charge in [-0.2, -0.15) is 0 Å². The molecule has 0 aliphatic carbocycles. The number of amides is 2. The van der Waals surface area contributed by atoms with E-state index in [4.69, 9.17) is 21.7 Å². The molecule has 0 aliphatic rings. The summed E-state index contributed by atoms with van der Waals surface area (Å²) in [5.41, 5.74) is 6.13. The number of thiocarbonyl (C=S) groups is 1. The largest absolute Gasteiger partial charge is 0.493 e. The van der Waals surface area contributed by atoms with E-state index in [-0.39, 0.29) is 11.7 Å². The Kier molecular flexibility index (Phi) is 8.87. The Hall–Kier alpha value is -2.17. The molecule has 154 valence electrons. The van der Waals surface area contributed by atoms with E-state index in [1.54, 1.807) is 24.3 Å². The molecule has 7 nitrogen and oxygen atoms in total. The Morgan fingerprint density at radius 1 is 1.07 bits per heavy atom. The molecular formula is C19H19Br2N3O4S. The first kappa shape index (κ1) is 23.1. The molecule has 0 bridgehead atoms. The number of carbonyl (C=O) groups excluding carboxylic acids is 2. The second-order valence-electron chi connectivity index (χ2n) is 5.73. The summed E-state index contributed by atoms with van der Waals surface area (Å²) < 4.78 is 12.5. The van der Waals surface area contributed by atoms with E-state index in [1.807, 2.05) is 26.0 Å². The highest BCUT2D eigenvalue weighted by Crippen LogP contribution is 2.23. The van der Waals surface area contributed by atoms with Gasteiger partial charge in [-0.1, -0.05) is 31.9 Å². The zero-order chi connectivity index (χ0) is 21.4. The number of nitrogens with one attached hydrogen (secondary N) is 3. The van der Waals surface area contributed by atoms with Crippen LogP contribution in [-0.4, -0.2) is 30.1 Å². The Morgan fingerprint density at radius 3 is 2.52 bits per heavy atom. The van der Waals surface area contributed by atoms with Gasteiger partial charge in [0, 0.05) is 8.95 Å². The summed E-state index contributed by atoms with van der Waals surface area (Å²) in [6.45, 7) is 3.94. The summed E-state index contributed by atoms with van der Waals surface area (Å²) in [4.78, 5) is 24.3. The van der Waals surface area contributed by atoms with E-state index in [9.17, 15) is 9.59 Å². The Balaban J connectivity index is 1.83. The normalized spacial score (nSPS) is 10.1.